The van der Waals surface area contributed by atoms with Crippen molar-refractivity contribution in [3.63, 3.8) is 0 Å². The van der Waals surface area contributed by atoms with Crippen molar-refractivity contribution in [3.8, 4) is 11.3 Å². The van der Waals surface area contributed by atoms with E-state index in [-0.39, 0.29) is 5.56 Å². The molecule has 0 aliphatic heterocycles. The first kappa shape index (κ1) is 12.3. The fourth-order valence-corrected chi connectivity index (χ4v) is 2.13. The molecular weight excluding hydrogens is 254 g/mol. The summed E-state index contributed by atoms with van der Waals surface area (Å²) in [7, 11) is 0. The van der Waals surface area contributed by atoms with Crippen LogP contribution in [-0.2, 0) is 0 Å². The van der Waals surface area contributed by atoms with Crippen LogP contribution in [0.2, 0.25) is 0 Å². The van der Waals surface area contributed by atoms with Crippen LogP contribution in [0.4, 0.5) is 0 Å². The molecule has 3 aromatic rings. The van der Waals surface area contributed by atoms with Crippen molar-refractivity contribution in [1.29, 1.82) is 0 Å². The molecule has 0 saturated carbocycles. The van der Waals surface area contributed by atoms with Crippen molar-refractivity contribution >= 4 is 11.6 Å². The zero-order chi connectivity index (χ0) is 14.3. The Morgan fingerprint density at radius 2 is 2.05 bits per heavy atom. The van der Waals surface area contributed by atoms with Crippen molar-refractivity contribution in [1.82, 2.24) is 14.6 Å². The largest absolute Gasteiger partial charge is 0.478 e. The third kappa shape index (κ3) is 2.03. The molecule has 0 unspecified atom stereocenters. The van der Waals surface area contributed by atoms with Gasteiger partial charge in [0.2, 0.25) is 0 Å². The second kappa shape index (κ2) is 4.45. The van der Waals surface area contributed by atoms with E-state index in [1.54, 1.807) is 0 Å². The summed E-state index contributed by atoms with van der Waals surface area (Å²) in [6.07, 6.45) is 2.81. The fourth-order valence-electron chi connectivity index (χ4n) is 2.13. The number of aryl methyl sites for hydroxylation is 2. The molecule has 0 atom stereocenters. The van der Waals surface area contributed by atoms with Crippen LogP contribution in [-0.4, -0.2) is 25.7 Å². The van der Waals surface area contributed by atoms with E-state index in [0.717, 1.165) is 22.4 Å². The lowest BCUT2D eigenvalue weighted by Crippen LogP contribution is -2.01. The van der Waals surface area contributed by atoms with Crippen LogP contribution in [0.1, 0.15) is 21.5 Å². The van der Waals surface area contributed by atoms with E-state index < -0.39 is 5.97 Å². The minimum atomic E-state index is -1.01. The Balaban J connectivity index is 2.17. The molecule has 20 heavy (non-hydrogen) atoms. The Morgan fingerprint density at radius 1 is 1.25 bits per heavy atom. The van der Waals surface area contributed by atoms with E-state index in [0.29, 0.717) is 5.65 Å². The molecule has 1 aromatic carbocycles. The maximum absolute atomic E-state index is 10.9. The van der Waals surface area contributed by atoms with Gasteiger partial charge in [-0.05, 0) is 25.5 Å². The number of fused-ring (bicyclic) bond motifs is 1. The van der Waals surface area contributed by atoms with Gasteiger partial charge in [-0.2, -0.15) is 5.10 Å². The summed E-state index contributed by atoms with van der Waals surface area (Å²) in [6, 6.07) is 8.02. The van der Waals surface area contributed by atoms with Gasteiger partial charge in [-0.25, -0.2) is 14.3 Å². The van der Waals surface area contributed by atoms with E-state index >= 15 is 0 Å². The molecule has 1 N–H and O–H groups in total. The van der Waals surface area contributed by atoms with Crippen LogP contribution < -0.4 is 0 Å². The van der Waals surface area contributed by atoms with Crippen molar-refractivity contribution in [3.05, 3.63) is 53.3 Å². The normalized spacial score (nSPS) is 10.9. The van der Waals surface area contributed by atoms with Gasteiger partial charge in [-0.15, -0.1) is 0 Å². The van der Waals surface area contributed by atoms with Crippen molar-refractivity contribution in [2.75, 3.05) is 0 Å². The number of carboxylic acid groups (broad SMARTS) is 1. The maximum Gasteiger partial charge on any atom is 0.338 e. The first-order chi connectivity index (χ1) is 9.54. The number of carboxylic acids is 1. The van der Waals surface area contributed by atoms with Gasteiger partial charge in [0.05, 0.1) is 11.3 Å². The smallest absolute Gasteiger partial charge is 0.338 e. The number of aromatic nitrogens is 3. The molecule has 2 aromatic heterocycles. The standard InChI is InChI=1S/C15H13N3O2/c1-9-3-4-10(2)12(5-9)13-6-14-16-7-11(15(19)20)8-18(14)17-13/h3-8H,1-2H3,(H,19,20). The quantitative estimate of drug-likeness (QED) is 0.775. The van der Waals surface area contributed by atoms with Crippen LogP contribution in [0.5, 0.6) is 0 Å². The lowest BCUT2D eigenvalue weighted by Gasteiger charge is -2.03. The van der Waals surface area contributed by atoms with Crippen LogP contribution in [0, 0.1) is 13.8 Å². The first-order valence-electron chi connectivity index (χ1n) is 6.21. The molecule has 5 heteroatoms. The Morgan fingerprint density at radius 3 is 2.80 bits per heavy atom. The molecule has 3 rings (SSSR count). The molecule has 0 spiro atoms. The topological polar surface area (TPSA) is 67.5 Å². The van der Waals surface area contributed by atoms with Gasteiger partial charge < -0.3 is 5.11 Å². The number of rotatable bonds is 2. The number of benzene rings is 1. The molecule has 0 aliphatic carbocycles. The zero-order valence-electron chi connectivity index (χ0n) is 11.2. The van der Waals surface area contributed by atoms with Crippen LogP contribution >= 0.6 is 0 Å². The van der Waals surface area contributed by atoms with Gasteiger partial charge >= 0.3 is 5.97 Å². The van der Waals surface area contributed by atoms with Gasteiger partial charge in [0, 0.05) is 24.0 Å². The second-order valence-electron chi connectivity index (χ2n) is 4.80. The monoisotopic (exact) mass is 267 g/mol. The molecule has 5 nitrogen and oxygen atoms in total. The Hall–Kier alpha value is -2.69. The summed E-state index contributed by atoms with van der Waals surface area (Å²) in [5.41, 5.74) is 4.85. The van der Waals surface area contributed by atoms with E-state index in [1.807, 2.05) is 26.0 Å². The molecule has 0 amide bonds. The minimum Gasteiger partial charge on any atom is -0.478 e. The first-order valence-corrected chi connectivity index (χ1v) is 6.21. The fraction of sp³-hybridized carbons (Fsp3) is 0.133. The minimum absolute atomic E-state index is 0.119. The number of nitrogens with zero attached hydrogens (tertiary/aromatic N) is 3. The average molecular weight is 267 g/mol. The number of hydrogen-bond donors (Lipinski definition) is 1. The third-order valence-corrected chi connectivity index (χ3v) is 3.23. The van der Waals surface area contributed by atoms with E-state index in [2.05, 4.69) is 22.2 Å². The van der Waals surface area contributed by atoms with Crippen LogP contribution in [0.3, 0.4) is 0 Å². The van der Waals surface area contributed by atoms with Gasteiger partial charge in [-0.1, -0.05) is 17.7 Å². The molecule has 0 saturated heterocycles. The van der Waals surface area contributed by atoms with Crippen molar-refractivity contribution in [2.45, 2.75) is 13.8 Å². The summed E-state index contributed by atoms with van der Waals surface area (Å²) in [6.45, 7) is 4.05. The van der Waals surface area contributed by atoms with E-state index in [4.69, 9.17) is 5.11 Å². The summed E-state index contributed by atoms with van der Waals surface area (Å²) in [4.78, 5) is 15.1. The zero-order valence-corrected chi connectivity index (χ0v) is 11.2. The molecule has 0 aliphatic rings. The Labute approximate surface area is 115 Å². The van der Waals surface area contributed by atoms with Gasteiger partial charge in [-0.3, -0.25) is 0 Å². The summed E-state index contributed by atoms with van der Waals surface area (Å²) >= 11 is 0. The summed E-state index contributed by atoms with van der Waals surface area (Å²) < 4.78 is 1.50. The van der Waals surface area contributed by atoms with E-state index in [1.165, 1.54) is 16.9 Å². The Bertz CT molecular complexity index is 821. The molecule has 0 bridgehead atoms. The summed E-state index contributed by atoms with van der Waals surface area (Å²) in [5.74, 6) is -1.01. The lowest BCUT2D eigenvalue weighted by molar-refractivity contribution is 0.0695. The van der Waals surface area contributed by atoms with Gasteiger partial charge in [0.25, 0.3) is 0 Å². The number of aromatic carboxylic acids is 1. The number of carbonyl (C=O) groups is 1. The molecule has 0 fully saturated rings. The lowest BCUT2D eigenvalue weighted by atomic mass is 10.0. The van der Waals surface area contributed by atoms with Crippen LogP contribution in [0.15, 0.2) is 36.7 Å². The van der Waals surface area contributed by atoms with Crippen LogP contribution in [0.25, 0.3) is 16.9 Å². The predicted molar refractivity (Wildman–Crippen MR) is 74.9 cm³/mol. The average Bonchev–Trinajstić information content (AvgIpc) is 2.83. The Kier molecular flexibility index (Phi) is 2.75. The maximum atomic E-state index is 10.9. The molecule has 2 heterocycles. The van der Waals surface area contributed by atoms with E-state index in [9.17, 15) is 4.79 Å². The third-order valence-electron chi connectivity index (χ3n) is 3.23. The highest BCUT2D eigenvalue weighted by Gasteiger charge is 2.10. The summed E-state index contributed by atoms with van der Waals surface area (Å²) in [5, 5.41) is 13.4. The molecule has 0 radical (unpaired) electrons. The van der Waals surface area contributed by atoms with Gasteiger partial charge in [0.1, 0.15) is 0 Å². The van der Waals surface area contributed by atoms with Crippen molar-refractivity contribution in [2.24, 2.45) is 0 Å². The second-order valence-corrected chi connectivity index (χ2v) is 4.80. The highest BCUT2D eigenvalue weighted by atomic mass is 16.4. The number of hydrogen-bond acceptors (Lipinski definition) is 3. The highest BCUT2D eigenvalue weighted by molar-refractivity contribution is 5.87. The molecular formula is C15H13N3O2. The van der Waals surface area contributed by atoms with Crippen molar-refractivity contribution < 1.29 is 9.90 Å². The highest BCUT2D eigenvalue weighted by Crippen LogP contribution is 2.24. The SMILES string of the molecule is Cc1ccc(C)c(-c2cc3ncc(C(=O)O)cn3n2)c1. The molecule has 100 valence electrons. The predicted octanol–water partition coefficient (Wildman–Crippen LogP) is 2.71. The van der Waals surface area contributed by atoms with Gasteiger partial charge in [0.15, 0.2) is 5.65 Å².